The highest BCUT2D eigenvalue weighted by atomic mass is 79.9. The molecule has 0 radical (unpaired) electrons. The van der Waals surface area contributed by atoms with Gasteiger partial charge in [0.2, 0.25) is 0 Å². The smallest absolute Gasteiger partial charge is 0.192 e. The van der Waals surface area contributed by atoms with Gasteiger partial charge in [0, 0.05) is 10.5 Å². The molecule has 1 heterocycles. The second-order valence-corrected chi connectivity index (χ2v) is 6.87. The number of hydrogen-bond acceptors (Lipinski definition) is 3. The van der Waals surface area contributed by atoms with Gasteiger partial charge in [0.05, 0.1) is 12.1 Å². The lowest BCUT2D eigenvalue weighted by atomic mass is 9.77. The van der Waals surface area contributed by atoms with Crippen LogP contribution in [0.15, 0.2) is 27.7 Å². The van der Waals surface area contributed by atoms with Crippen LogP contribution in [0.5, 0.6) is 0 Å². The lowest BCUT2D eigenvalue weighted by Crippen LogP contribution is -2.57. The van der Waals surface area contributed by atoms with E-state index in [1.807, 2.05) is 0 Å². The highest BCUT2D eigenvalue weighted by Gasteiger charge is 2.45. The van der Waals surface area contributed by atoms with Gasteiger partial charge in [-0.2, -0.15) is 0 Å². The summed E-state index contributed by atoms with van der Waals surface area (Å²) in [4.78, 5) is 6.85. The summed E-state index contributed by atoms with van der Waals surface area (Å²) >= 11 is 3.56. The van der Waals surface area contributed by atoms with Gasteiger partial charge in [0.1, 0.15) is 0 Å². The molecule has 3 rings (SSSR count). The van der Waals surface area contributed by atoms with E-state index < -0.39 is 0 Å². The van der Waals surface area contributed by atoms with Crippen molar-refractivity contribution in [3.8, 4) is 0 Å². The fourth-order valence-electron chi connectivity index (χ4n) is 3.59. The van der Waals surface area contributed by atoms with Gasteiger partial charge in [-0.25, -0.2) is 0 Å². The first-order valence-corrected chi connectivity index (χ1v) is 7.68. The van der Waals surface area contributed by atoms with Crippen molar-refractivity contribution in [1.29, 1.82) is 0 Å². The molecule has 0 amide bonds. The van der Waals surface area contributed by atoms with E-state index in [4.69, 9.17) is 5.73 Å². The Kier molecular flexibility index (Phi) is 3.08. The van der Waals surface area contributed by atoms with Gasteiger partial charge in [-0.1, -0.05) is 22.0 Å². The first-order chi connectivity index (χ1) is 9.02. The maximum absolute atomic E-state index is 6.10. The van der Waals surface area contributed by atoms with E-state index in [0.717, 1.165) is 31.8 Å². The normalized spacial score (nSPS) is 25.9. The molecule has 1 aromatic carbocycles. The molecule has 1 aromatic rings. The van der Waals surface area contributed by atoms with E-state index in [1.54, 1.807) is 0 Å². The van der Waals surface area contributed by atoms with Crippen molar-refractivity contribution < 1.29 is 0 Å². The monoisotopic (exact) mass is 321 g/mol. The predicted molar refractivity (Wildman–Crippen MR) is 82.4 cm³/mol. The lowest BCUT2D eigenvalue weighted by Gasteiger charge is -2.45. The zero-order valence-electron chi connectivity index (χ0n) is 11.5. The fourth-order valence-corrected chi connectivity index (χ4v) is 3.99. The minimum atomic E-state index is 0.110. The average Bonchev–Trinajstić information content (AvgIpc) is 2.67. The molecule has 0 saturated heterocycles. The predicted octanol–water partition coefficient (Wildman–Crippen LogP) is 2.72. The third-order valence-corrected chi connectivity index (χ3v) is 4.85. The molecule has 0 saturated carbocycles. The summed E-state index contributed by atoms with van der Waals surface area (Å²) in [7, 11) is 0. The highest BCUT2D eigenvalue weighted by molar-refractivity contribution is 9.10. The highest BCUT2D eigenvalue weighted by Crippen LogP contribution is 2.38. The molecule has 19 heavy (non-hydrogen) atoms. The Morgan fingerprint density at radius 3 is 2.89 bits per heavy atom. The van der Waals surface area contributed by atoms with Crippen molar-refractivity contribution in [2.24, 2.45) is 10.7 Å². The number of benzene rings is 1. The van der Waals surface area contributed by atoms with Crippen LogP contribution in [-0.2, 0) is 12.8 Å². The van der Waals surface area contributed by atoms with E-state index >= 15 is 0 Å². The Morgan fingerprint density at radius 1 is 1.37 bits per heavy atom. The van der Waals surface area contributed by atoms with Crippen molar-refractivity contribution in [3.05, 3.63) is 33.8 Å². The summed E-state index contributed by atoms with van der Waals surface area (Å²) in [5.41, 5.74) is 9.12. The number of aliphatic imine (C=N–C) groups is 1. The molecule has 0 aromatic heterocycles. The SMILES string of the molecule is CC(C)N1C(N)=NCC12CCc1cc(Br)ccc1C2. The van der Waals surface area contributed by atoms with Gasteiger partial charge >= 0.3 is 0 Å². The summed E-state index contributed by atoms with van der Waals surface area (Å²) in [5, 5.41) is 0. The van der Waals surface area contributed by atoms with Crippen molar-refractivity contribution in [1.82, 2.24) is 4.90 Å². The van der Waals surface area contributed by atoms with E-state index in [-0.39, 0.29) is 5.54 Å². The molecule has 3 nitrogen and oxygen atoms in total. The third-order valence-electron chi connectivity index (χ3n) is 4.36. The van der Waals surface area contributed by atoms with Crippen LogP contribution in [0.4, 0.5) is 0 Å². The van der Waals surface area contributed by atoms with Gasteiger partial charge in [-0.15, -0.1) is 0 Å². The van der Waals surface area contributed by atoms with Gasteiger partial charge in [-0.05, 0) is 56.4 Å². The minimum Gasteiger partial charge on any atom is -0.370 e. The largest absolute Gasteiger partial charge is 0.370 e. The number of guanidine groups is 1. The first-order valence-electron chi connectivity index (χ1n) is 6.88. The molecule has 2 N–H and O–H groups in total. The molecule has 102 valence electrons. The average molecular weight is 322 g/mol. The van der Waals surface area contributed by atoms with Crippen LogP contribution in [0, 0.1) is 0 Å². The lowest BCUT2D eigenvalue weighted by molar-refractivity contribution is 0.145. The van der Waals surface area contributed by atoms with E-state index in [0.29, 0.717) is 6.04 Å². The standard InChI is InChI=1S/C15H20BrN3/c1-10(2)19-14(17)18-9-15(19)6-5-11-7-13(16)4-3-12(11)8-15/h3-4,7,10H,5-6,8-9H2,1-2H3,(H2,17,18). The van der Waals surface area contributed by atoms with Crippen molar-refractivity contribution >= 4 is 21.9 Å². The van der Waals surface area contributed by atoms with Crippen molar-refractivity contribution in [3.63, 3.8) is 0 Å². The Hall–Kier alpha value is -1.03. The van der Waals surface area contributed by atoms with Crippen LogP contribution in [0.25, 0.3) is 0 Å². The molecular formula is C15H20BrN3. The molecule has 1 atom stereocenters. The molecular weight excluding hydrogens is 302 g/mol. The Labute approximate surface area is 123 Å². The van der Waals surface area contributed by atoms with Gasteiger partial charge in [0.25, 0.3) is 0 Å². The molecule has 1 spiro atoms. The van der Waals surface area contributed by atoms with E-state index in [9.17, 15) is 0 Å². The van der Waals surface area contributed by atoms with Crippen LogP contribution >= 0.6 is 15.9 Å². The quantitative estimate of drug-likeness (QED) is 0.864. The summed E-state index contributed by atoms with van der Waals surface area (Å²) in [5.74, 6) is 0.718. The minimum absolute atomic E-state index is 0.110. The third kappa shape index (κ3) is 2.06. The van der Waals surface area contributed by atoms with Crippen LogP contribution in [-0.4, -0.2) is 29.0 Å². The van der Waals surface area contributed by atoms with E-state index in [1.165, 1.54) is 15.6 Å². The Balaban J connectivity index is 1.95. The molecule has 4 heteroatoms. The van der Waals surface area contributed by atoms with Crippen LogP contribution in [0.2, 0.25) is 0 Å². The number of hydrogen-bond donors (Lipinski definition) is 1. The van der Waals surface area contributed by atoms with Crippen molar-refractivity contribution in [2.45, 2.75) is 44.7 Å². The first kappa shape index (κ1) is 13.0. The number of nitrogens with zero attached hydrogens (tertiary/aromatic N) is 2. The zero-order chi connectivity index (χ0) is 13.6. The van der Waals surface area contributed by atoms with E-state index in [2.05, 4.69) is 57.9 Å². The van der Waals surface area contributed by atoms with Gasteiger partial charge < -0.3 is 10.6 Å². The fraction of sp³-hybridized carbons (Fsp3) is 0.533. The molecule has 1 aliphatic heterocycles. The second-order valence-electron chi connectivity index (χ2n) is 5.95. The number of rotatable bonds is 1. The Morgan fingerprint density at radius 2 is 2.16 bits per heavy atom. The molecule has 2 aliphatic rings. The van der Waals surface area contributed by atoms with Gasteiger partial charge in [0.15, 0.2) is 5.96 Å². The maximum Gasteiger partial charge on any atom is 0.192 e. The zero-order valence-corrected chi connectivity index (χ0v) is 13.1. The molecule has 0 fully saturated rings. The number of nitrogens with two attached hydrogens (primary N) is 1. The van der Waals surface area contributed by atoms with Crippen LogP contribution in [0.3, 0.4) is 0 Å². The summed E-state index contributed by atoms with van der Waals surface area (Å²) in [6.07, 6.45) is 3.30. The van der Waals surface area contributed by atoms with Gasteiger partial charge in [-0.3, -0.25) is 4.99 Å². The maximum atomic E-state index is 6.10. The van der Waals surface area contributed by atoms with Crippen LogP contribution < -0.4 is 5.73 Å². The molecule has 1 unspecified atom stereocenters. The summed E-state index contributed by atoms with van der Waals surface area (Å²) in [6, 6.07) is 7.04. The Bertz CT molecular complexity index is 538. The topological polar surface area (TPSA) is 41.6 Å². The molecule has 0 bridgehead atoms. The number of aryl methyl sites for hydroxylation is 1. The van der Waals surface area contributed by atoms with Crippen molar-refractivity contribution in [2.75, 3.05) is 6.54 Å². The number of halogens is 1. The molecule has 1 aliphatic carbocycles. The number of fused-ring (bicyclic) bond motifs is 1. The summed E-state index contributed by atoms with van der Waals surface area (Å²) in [6.45, 7) is 5.24. The summed E-state index contributed by atoms with van der Waals surface area (Å²) < 4.78 is 1.17. The second kappa shape index (κ2) is 4.51. The van der Waals surface area contributed by atoms with Crippen LogP contribution in [0.1, 0.15) is 31.4 Å².